The molecule has 2 rings (SSSR count). The summed E-state index contributed by atoms with van der Waals surface area (Å²) in [5.74, 6) is 1.00. The Balaban J connectivity index is 0.00000288. The van der Waals surface area contributed by atoms with E-state index in [1.54, 1.807) is 0 Å². The Labute approximate surface area is 150 Å². The number of rotatable bonds is 7. The van der Waals surface area contributed by atoms with Gasteiger partial charge in [0.25, 0.3) is 0 Å². The molecule has 0 N–H and O–H groups in total. The van der Waals surface area contributed by atoms with Crippen molar-refractivity contribution in [2.45, 2.75) is 85.5 Å². The largest absolute Gasteiger partial charge is 0.348 e. The molecule has 0 unspecified atom stereocenters. The van der Waals surface area contributed by atoms with Crippen LogP contribution < -0.4 is 0 Å². The molecule has 24 heavy (non-hydrogen) atoms. The molecule has 0 aromatic heterocycles. The van der Waals surface area contributed by atoms with Gasteiger partial charge in [0, 0.05) is 35.9 Å². The van der Waals surface area contributed by atoms with Crippen LogP contribution in [0, 0.1) is 5.92 Å². The molecule has 0 bridgehead atoms. The smallest absolute Gasteiger partial charge is 0.0452 e. The second-order valence-electron chi connectivity index (χ2n) is 6.89. The molecule has 1 saturated carbocycles. The molecule has 1 heterocycles. The van der Waals surface area contributed by atoms with Crippen LogP contribution in [0.2, 0.25) is 0 Å². The van der Waals surface area contributed by atoms with Crippen molar-refractivity contribution in [3.8, 4) is 0 Å². The number of unbranched alkanes of at least 4 members (excludes halogenated alkanes) is 1. The summed E-state index contributed by atoms with van der Waals surface area (Å²) in [4.78, 5) is 6.88. The summed E-state index contributed by atoms with van der Waals surface area (Å²) >= 11 is 0. The van der Waals surface area contributed by atoms with Crippen LogP contribution in [0.1, 0.15) is 85.5 Å². The quantitative estimate of drug-likeness (QED) is 0.367. The van der Waals surface area contributed by atoms with Crippen molar-refractivity contribution in [3.63, 3.8) is 0 Å². The SMILES string of the molecule is C.C=C1/C(=C(/CC)N=CC)CC=CN1CCCCC1CCCCC1. The summed E-state index contributed by atoms with van der Waals surface area (Å²) < 4.78 is 0. The summed E-state index contributed by atoms with van der Waals surface area (Å²) in [5, 5.41) is 0. The second kappa shape index (κ2) is 11.3. The number of allylic oxidation sites excluding steroid dienone is 3. The zero-order valence-electron chi connectivity index (χ0n) is 15.2. The normalized spacial score (nSPS) is 21.2. The lowest BCUT2D eigenvalue weighted by atomic mass is 9.86. The Hall–Kier alpha value is -1.31. The zero-order valence-corrected chi connectivity index (χ0v) is 15.2. The predicted octanol–water partition coefficient (Wildman–Crippen LogP) is 6.86. The fourth-order valence-corrected chi connectivity index (χ4v) is 3.90. The van der Waals surface area contributed by atoms with Crippen LogP contribution in [-0.4, -0.2) is 17.7 Å². The molecular weight excluding hydrogens is 292 g/mol. The van der Waals surface area contributed by atoms with E-state index in [4.69, 9.17) is 0 Å². The molecule has 2 aliphatic rings. The highest BCUT2D eigenvalue weighted by molar-refractivity contribution is 5.56. The first-order valence-electron chi connectivity index (χ1n) is 9.59. The second-order valence-corrected chi connectivity index (χ2v) is 6.89. The Morgan fingerprint density at radius 2 is 2.04 bits per heavy atom. The third kappa shape index (κ3) is 5.96. The Morgan fingerprint density at radius 3 is 2.71 bits per heavy atom. The molecule has 0 spiro atoms. The fourth-order valence-electron chi connectivity index (χ4n) is 3.90. The Bertz CT molecular complexity index is 464. The van der Waals surface area contributed by atoms with Crippen LogP contribution in [0.4, 0.5) is 0 Å². The molecular formula is C22H38N2. The molecule has 1 aliphatic heterocycles. The molecule has 0 radical (unpaired) electrons. The van der Waals surface area contributed by atoms with Crippen molar-refractivity contribution in [1.29, 1.82) is 0 Å². The number of aliphatic imine (C=N–C) groups is 1. The van der Waals surface area contributed by atoms with E-state index >= 15 is 0 Å². The maximum absolute atomic E-state index is 4.54. The molecule has 0 aromatic rings. The van der Waals surface area contributed by atoms with E-state index in [2.05, 4.69) is 35.7 Å². The summed E-state index contributed by atoms with van der Waals surface area (Å²) in [6.07, 6.45) is 19.7. The Kier molecular flexibility index (Phi) is 9.75. The van der Waals surface area contributed by atoms with Crippen LogP contribution >= 0.6 is 0 Å². The van der Waals surface area contributed by atoms with Crippen LogP contribution in [-0.2, 0) is 0 Å². The molecule has 0 aromatic carbocycles. The minimum atomic E-state index is 0. The first-order chi connectivity index (χ1) is 11.3. The lowest BCUT2D eigenvalue weighted by Crippen LogP contribution is -2.22. The predicted molar refractivity (Wildman–Crippen MR) is 108 cm³/mol. The van der Waals surface area contributed by atoms with Gasteiger partial charge in [-0.15, -0.1) is 0 Å². The van der Waals surface area contributed by atoms with E-state index in [1.165, 1.54) is 62.6 Å². The topological polar surface area (TPSA) is 15.6 Å². The average Bonchev–Trinajstić information content (AvgIpc) is 2.59. The van der Waals surface area contributed by atoms with Gasteiger partial charge in [-0.1, -0.05) is 72.0 Å². The lowest BCUT2D eigenvalue weighted by molar-refractivity contribution is 0.322. The third-order valence-electron chi connectivity index (χ3n) is 5.26. The van der Waals surface area contributed by atoms with Crippen molar-refractivity contribution in [2.24, 2.45) is 10.9 Å². The number of hydrogen-bond acceptors (Lipinski definition) is 2. The Morgan fingerprint density at radius 1 is 1.29 bits per heavy atom. The summed E-state index contributed by atoms with van der Waals surface area (Å²) in [5.41, 5.74) is 3.67. The van der Waals surface area contributed by atoms with Gasteiger partial charge in [0.1, 0.15) is 0 Å². The molecule has 136 valence electrons. The van der Waals surface area contributed by atoms with Crippen molar-refractivity contribution in [1.82, 2.24) is 4.90 Å². The highest BCUT2D eigenvalue weighted by atomic mass is 15.1. The van der Waals surface area contributed by atoms with Gasteiger partial charge in [-0.2, -0.15) is 0 Å². The van der Waals surface area contributed by atoms with E-state index in [0.29, 0.717) is 0 Å². The van der Waals surface area contributed by atoms with Gasteiger partial charge < -0.3 is 4.90 Å². The van der Waals surface area contributed by atoms with E-state index in [-0.39, 0.29) is 7.43 Å². The van der Waals surface area contributed by atoms with Crippen molar-refractivity contribution in [3.05, 3.63) is 35.8 Å². The number of nitrogens with zero attached hydrogens (tertiary/aromatic N) is 2. The van der Waals surface area contributed by atoms with Crippen LogP contribution in [0.25, 0.3) is 0 Å². The lowest BCUT2D eigenvalue weighted by Gasteiger charge is -2.29. The van der Waals surface area contributed by atoms with E-state index < -0.39 is 0 Å². The minimum Gasteiger partial charge on any atom is -0.348 e. The summed E-state index contributed by atoms with van der Waals surface area (Å²) in [6, 6.07) is 0. The van der Waals surface area contributed by atoms with Gasteiger partial charge in [0.05, 0.1) is 0 Å². The van der Waals surface area contributed by atoms with Crippen LogP contribution in [0.5, 0.6) is 0 Å². The van der Waals surface area contributed by atoms with Gasteiger partial charge in [0.15, 0.2) is 0 Å². The molecule has 2 nitrogen and oxygen atoms in total. The highest BCUT2D eigenvalue weighted by Gasteiger charge is 2.17. The van der Waals surface area contributed by atoms with Gasteiger partial charge in [-0.3, -0.25) is 4.99 Å². The molecule has 1 fully saturated rings. The summed E-state index contributed by atoms with van der Waals surface area (Å²) in [6.45, 7) is 9.60. The molecule has 2 heteroatoms. The van der Waals surface area contributed by atoms with E-state index in [9.17, 15) is 0 Å². The monoisotopic (exact) mass is 330 g/mol. The summed E-state index contributed by atoms with van der Waals surface area (Å²) in [7, 11) is 0. The average molecular weight is 331 g/mol. The standard InChI is InChI=1S/C21H34N2.CH4/c1-4-21(22-5-2)20-15-11-17-23(18(20)3)16-10-9-14-19-12-7-6-8-13-19;/h5,11,17,19H,3-4,6-10,12-16H2,1-2H3;1H4/b21-20-,22-5?;. The first kappa shape index (κ1) is 20.7. The highest BCUT2D eigenvalue weighted by Crippen LogP contribution is 2.30. The molecule has 0 saturated heterocycles. The van der Waals surface area contributed by atoms with Gasteiger partial charge >= 0.3 is 0 Å². The molecule has 0 amide bonds. The fraction of sp³-hybridized carbons (Fsp3) is 0.682. The molecule has 1 aliphatic carbocycles. The van der Waals surface area contributed by atoms with Gasteiger partial charge in [-0.05, 0) is 32.1 Å². The zero-order chi connectivity index (χ0) is 16.5. The van der Waals surface area contributed by atoms with Gasteiger partial charge in [-0.25, -0.2) is 0 Å². The van der Waals surface area contributed by atoms with Crippen molar-refractivity contribution >= 4 is 6.21 Å². The van der Waals surface area contributed by atoms with E-state index in [1.807, 2.05) is 13.1 Å². The maximum Gasteiger partial charge on any atom is 0.0452 e. The number of hydrogen-bond donors (Lipinski definition) is 0. The van der Waals surface area contributed by atoms with Crippen molar-refractivity contribution in [2.75, 3.05) is 6.54 Å². The van der Waals surface area contributed by atoms with Crippen LogP contribution in [0.15, 0.2) is 40.8 Å². The van der Waals surface area contributed by atoms with E-state index in [0.717, 1.165) is 31.0 Å². The molecule has 0 atom stereocenters. The third-order valence-corrected chi connectivity index (χ3v) is 5.26. The van der Waals surface area contributed by atoms with Gasteiger partial charge in [0.2, 0.25) is 0 Å². The maximum atomic E-state index is 4.54. The first-order valence-corrected chi connectivity index (χ1v) is 9.59. The van der Waals surface area contributed by atoms with Crippen LogP contribution in [0.3, 0.4) is 0 Å². The van der Waals surface area contributed by atoms with Crippen molar-refractivity contribution < 1.29 is 0 Å². The minimum absolute atomic E-state index is 0.